The average Bonchev–Trinajstić information content (AvgIpc) is 2.59. The highest BCUT2D eigenvalue weighted by Crippen LogP contribution is 2.20. The third-order valence-corrected chi connectivity index (χ3v) is 2.16. The first-order valence-corrected chi connectivity index (χ1v) is 4.84. The van der Waals surface area contributed by atoms with Crippen LogP contribution < -0.4 is 4.74 Å². The van der Waals surface area contributed by atoms with E-state index >= 15 is 0 Å². The number of hydrogen-bond acceptors (Lipinski definition) is 4. The summed E-state index contributed by atoms with van der Waals surface area (Å²) in [4.78, 5) is 8.57. The van der Waals surface area contributed by atoms with E-state index in [9.17, 15) is 0 Å². The lowest BCUT2D eigenvalue weighted by molar-refractivity contribution is 0.279. The monoisotopic (exact) mass is 206 g/mol. The Hall–Kier alpha value is -1.58. The van der Waals surface area contributed by atoms with Gasteiger partial charge in [0.1, 0.15) is 6.61 Å². The zero-order valence-corrected chi connectivity index (χ0v) is 9.15. The molecule has 0 bridgehead atoms. The van der Waals surface area contributed by atoms with E-state index in [1.54, 1.807) is 19.4 Å². The largest absolute Gasteiger partial charge is 0.481 e. The molecule has 0 spiro atoms. The standard InChI is InChI=1S/C11H14N2O2/c1-11(2)7-15-10(13-11)8-4-5-9(14-3)12-6-8/h4-6H,7H2,1-3H3. The molecule has 0 saturated heterocycles. The Labute approximate surface area is 89.0 Å². The maximum absolute atomic E-state index is 5.50. The summed E-state index contributed by atoms with van der Waals surface area (Å²) in [6, 6.07) is 3.69. The van der Waals surface area contributed by atoms with E-state index in [1.807, 2.05) is 19.9 Å². The van der Waals surface area contributed by atoms with Crippen molar-refractivity contribution < 1.29 is 9.47 Å². The summed E-state index contributed by atoms with van der Waals surface area (Å²) < 4.78 is 10.5. The van der Waals surface area contributed by atoms with Gasteiger partial charge in [-0.05, 0) is 19.9 Å². The maximum atomic E-state index is 5.50. The number of aliphatic imine (C=N–C) groups is 1. The second-order valence-corrected chi connectivity index (χ2v) is 4.11. The molecule has 0 atom stereocenters. The third kappa shape index (κ3) is 2.09. The molecule has 1 aromatic heterocycles. The van der Waals surface area contributed by atoms with Crippen molar-refractivity contribution in [2.24, 2.45) is 4.99 Å². The summed E-state index contributed by atoms with van der Waals surface area (Å²) in [6.07, 6.45) is 1.71. The first-order chi connectivity index (χ1) is 7.11. The van der Waals surface area contributed by atoms with Gasteiger partial charge in [0.15, 0.2) is 0 Å². The third-order valence-electron chi connectivity index (χ3n) is 2.16. The van der Waals surface area contributed by atoms with Crippen LogP contribution in [0.4, 0.5) is 0 Å². The van der Waals surface area contributed by atoms with Gasteiger partial charge in [-0.15, -0.1) is 0 Å². The number of aromatic nitrogens is 1. The smallest absolute Gasteiger partial charge is 0.218 e. The van der Waals surface area contributed by atoms with Gasteiger partial charge in [-0.2, -0.15) is 0 Å². The minimum Gasteiger partial charge on any atom is -0.481 e. The van der Waals surface area contributed by atoms with Crippen molar-refractivity contribution >= 4 is 5.90 Å². The second kappa shape index (κ2) is 3.53. The van der Waals surface area contributed by atoms with Gasteiger partial charge in [0.25, 0.3) is 0 Å². The highest BCUT2D eigenvalue weighted by atomic mass is 16.5. The fourth-order valence-corrected chi connectivity index (χ4v) is 1.36. The molecule has 1 aliphatic rings. The summed E-state index contributed by atoms with van der Waals surface area (Å²) in [5, 5.41) is 0. The van der Waals surface area contributed by atoms with Crippen molar-refractivity contribution in [2.45, 2.75) is 19.4 Å². The summed E-state index contributed by atoms with van der Waals surface area (Å²) in [6.45, 7) is 4.70. The molecule has 0 unspecified atom stereocenters. The molecule has 0 radical (unpaired) electrons. The van der Waals surface area contributed by atoms with E-state index in [-0.39, 0.29) is 5.54 Å². The van der Waals surface area contributed by atoms with Gasteiger partial charge in [0, 0.05) is 12.3 Å². The van der Waals surface area contributed by atoms with Crippen LogP contribution in [0.25, 0.3) is 0 Å². The van der Waals surface area contributed by atoms with Crippen molar-refractivity contribution in [2.75, 3.05) is 13.7 Å². The Morgan fingerprint density at radius 3 is 2.67 bits per heavy atom. The Bertz CT molecular complexity index is 382. The first-order valence-electron chi connectivity index (χ1n) is 4.84. The molecular weight excluding hydrogens is 192 g/mol. The molecule has 1 aromatic rings. The van der Waals surface area contributed by atoms with Crippen LogP contribution in [0.15, 0.2) is 23.3 Å². The van der Waals surface area contributed by atoms with Crippen LogP contribution in [-0.2, 0) is 4.74 Å². The zero-order chi connectivity index (χ0) is 10.9. The number of hydrogen-bond donors (Lipinski definition) is 0. The molecule has 15 heavy (non-hydrogen) atoms. The van der Waals surface area contributed by atoms with Crippen LogP contribution in [0.3, 0.4) is 0 Å². The van der Waals surface area contributed by atoms with Gasteiger partial charge in [-0.1, -0.05) is 0 Å². The SMILES string of the molecule is COc1ccc(C2=NC(C)(C)CO2)cn1. The first kappa shape index (κ1) is 9.96. The minimum absolute atomic E-state index is 0.130. The molecule has 0 aromatic carbocycles. The van der Waals surface area contributed by atoms with Gasteiger partial charge in [0.05, 0.1) is 18.2 Å². The molecule has 2 rings (SSSR count). The second-order valence-electron chi connectivity index (χ2n) is 4.11. The van der Waals surface area contributed by atoms with Crippen LogP contribution >= 0.6 is 0 Å². The van der Waals surface area contributed by atoms with Crippen LogP contribution in [0.2, 0.25) is 0 Å². The van der Waals surface area contributed by atoms with Crippen molar-refractivity contribution in [3.63, 3.8) is 0 Å². The predicted molar refractivity (Wildman–Crippen MR) is 57.4 cm³/mol. The molecule has 1 aliphatic heterocycles. The normalized spacial score (nSPS) is 18.2. The number of rotatable bonds is 2. The van der Waals surface area contributed by atoms with Crippen LogP contribution in [0, 0.1) is 0 Å². The topological polar surface area (TPSA) is 43.7 Å². The molecule has 0 fully saturated rings. The Kier molecular flexibility index (Phi) is 2.34. The molecule has 0 saturated carbocycles. The summed E-state index contributed by atoms with van der Waals surface area (Å²) in [5.74, 6) is 1.26. The lowest BCUT2D eigenvalue weighted by atomic mass is 10.1. The highest BCUT2D eigenvalue weighted by Gasteiger charge is 2.26. The molecule has 4 heteroatoms. The van der Waals surface area contributed by atoms with Gasteiger partial charge in [-0.3, -0.25) is 0 Å². The number of methoxy groups -OCH3 is 1. The quantitative estimate of drug-likeness (QED) is 0.739. The van der Waals surface area contributed by atoms with Gasteiger partial charge in [-0.25, -0.2) is 9.98 Å². The molecule has 2 heterocycles. The molecular formula is C11H14N2O2. The van der Waals surface area contributed by atoms with Gasteiger partial charge < -0.3 is 9.47 Å². The van der Waals surface area contributed by atoms with Crippen LogP contribution in [0.1, 0.15) is 19.4 Å². The molecule has 0 aliphatic carbocycles. The zero-order valence-electron chi connectivity index (χ0n) is 9.15. The fourth-order valence-electron chi connectivity index (χ4n) is 1.36. The van der Waals surface area contributed by atoms with Crippen LogP contribution in [-0.4, -0.2) is 30.1 Å². The van der Waals surface area contributed by atoms with Crippen molar-refractivity contribution in [3.05, 3.63) is 23.9 Å². The predicted octanol–water partition coefficient (Wildman–Crippen LogP) is 1.65. The summed E-state index contributed by atoms with van der Waals surface area (Å²) in [5.41, 5.74) is 0.760. The number of ether oxygens (including phenoxy) is 2. The number of pyridine rings is 1. The maximum Gasteiger partial charge on any atom is 0.218 e. The van der Waals surface area contributed by atoms with E-state index in [0.29, 0.717) is 18.4 Å². The van der Waals surface area contributed by atoms with Crippen molar-refractivity contribution in [3.8, 4) is 5.88 Å². The fraction of sp³-hybridized carbons (Fsp3) is 0.455. The Morgan fingerprint density at radius 2 is 2.20 bits per heavy atom. The molecule has 0 amide bonds. The van der Waals surface area contributed by atoms with E-state index in [1.165, 1.54) is 0 Å². The van der Waals surface area contributed by atoms with E-state index in [4.69, 9.17) is 9.47 Å². The minimum atomic E-state index is -0.130. The van der Waals surface area contributed by atoms with Crippen LogP contribution in [0.5, 0.6) is 5.88 Å². The summed E-state index contributed by atoms with van der Waals surface area (Å²) >= 11 is 0. The van der Waals surface area contributed by atoms with Crippen molar-refractivity contribution in [1.82, 2.24) is 4.98 Å². The van der Waals surface area contributed by atoms with Gasteiger partial charge in [0.2, 0.25) is 11.8 Å². The molecule has 4 nitrogen and oxygen atoms in total. The summed E-state index contributed by atoms with van der Waals surface area (Å²) in [7, 11) is 1.59. The lowest BCUT2D eigenvalue weighted by Gasteiger charge is -2.07. The van der Waals surface area contributed by atoms with Crippen molar-refractivity contribution in [1.29, 1.82) is 0 Å². The number of nitrogens with zero attached hydrogens (tertiary/aromatic N) is 2. The Balaban J connectivity index is 2.24. The molecule has 80 valence electrons. The molecule has 0 N–H and O–H groups in total. The van der Waals surface area contributed by atoms with E-state index < -0.39 is 0 Å². The lowest BCUT2D eigenvalue weighted by Crippen LogP contribution is -2.17. The Morgan fingerprint density at radius 1 is 1.40 bits per heavy atom. The van der Waals surface area contributed by atoms with Gasteiger partial charge >= 0.3 is 0 Å². The average molecular weight is 206 g/mol. The van der Waals surface area contributed by atoms with E-state index in [2.05, 4.69) is 9.98 Å². The highest BCUT2D eigenvalue weighted by molar-refractivity contribution is 5.95. The van der Waals surface area contributed by atoms with E-state index in [0.717, 1.165) is 5.56 Å².